The van der Waals surface area contributed by atoms with E-state index in [1.54, 1.807) is 7.11 Å². The van der Waals surface area contributed by atoms with E-state index in [1.807, 2.05) is 24.5 Å². The zero-order chi connectivity index (χ0) is 19.7. The molecule has 1 fully saturated rings. The molecular weight excluding hydrogens is 354 g/mol. The third-order valence-corrected chi connectivity index (χ3v) is 5.73. The summed E-state index contributed by atoms with van der Waals surface area (Å²) in [6.45, 7) is 4.24. The molecule has 0 spiro atoms. The van der Waals surface area contributed by atoms with E-state index in [2.05, 4.69) is 56.8 Å². The fourth-order valence-electron chi connectivity index (χ4n) is 4.07. The number of aromatic nitrogens is 3. The molecule has 1 saturated heterocycles. The van der Waals surface area contributed by atoms with Gasteiger partial charge in [-0.05, 0) is 26.2 Å². The molecule has 8 nitrogen and oxygen atoms in total. The number of ether oxygens (including phenoxy) is 1. The zero-order valence-electron chi connectivity index (χ0n) is 17.1. The minimum atomic E-state index is 0.179. The van der Waals surface area contributed by atoms with Gasteiger partial charge in [-0.2, -0.15) is 4.98 Å². The molecule has 0 aliphatic carbocycles. The predicted molar refractivity (Wildman–Crippen MR) is 111 cm³/mol. The van der Waals surface area contributed by atoms with E-state index in [9.17, 15) is 0 Å². The summed E-state index contributed by atoms with van der Waals surface area (Å²) < 4.78 is 5.70. The van der Waals surface area contributed by atoms with Crippen LogP contribution in [0.25, 0.3) is 0 Å². The van der Waals surface area contributed by atoms with Crippen molar-refractivity contribution in [3.05, 3.63) is 36.2 Å². The molecule has 2 aliphatic rings. The molecule has 4 heterocycles. The van der Waals surface area contributed by atoms with E-state index in [-0.39, 0.29) is 6.10 Å². The standard InChI is InChI=1S/C20H29N7O/c1-24(2)16-13-27(14-17(16)28-4)18-7-9-22-20(23-18)26-11-10-25(3)19-15(12-26)6-5-8-21-19/h5-9,16-17H,10-14H2,1-4H3/t16-,17+/m0/s1. The SMILES string of the molecule is CO[C@@H]1CN(c2ccnc(N3CCN(C)c4ncccc4C3)n2)C[C@@H]1N(C)C. The molecule has 2 aromatic heterocycles. The number of hydrogen-bond acceptors (Lipinski definition) is 8. The molecule has 0 unspecified atom stereocenters. The van der Waals surface area contributed by atoms with Crippen molar-refractivity contribution in [1.29, 1.82) is 0 Å². The number of methoxy groups -OCH3 is 1. The highest BCUT2D eigenvalue weighted by Crippen LogP contribution is 2.26. The van der Waals surface area contributed by atoms with Crippen molar-refractivity contribution in [2.24, 2.45) is 0 Å². The number of anilines is 3. The predicted octanol–water partition coefficient (Wildman–Crippen LogP) is 1.09. The topological polar surface area (TPSA) is 60.9 Å². The van der Waals surface area contributed by atoms with E-state index in [0.29, 0.717) is 6.04 Å². The lowest BCUT2D eigenvalue weighted by atomic mass is 10.2. The van der Waals surface area contributed by atoms with E-state index < -0.39 is 0 Å². The Labute approximate surface area is 166 Å². The van der Waals surface area contributed by atoms with E-state index >= 15 is 0 Å². The first-order chi connectivity index (χ1) is 13.6. The molecule has 0 bridgehead atoms. The Morgan fingerprint density at radius 2 is 1.93 bits per heavy atom. The van der Waals surface area contributed by atoms with Gasteiger partial charge in [-0.3, -0.25) is 0 Å². The van der Waals surface area contributed by atoms with Crippen molar-refractivity contribution in [3.63, 3.8) is 0 Å². The number of rotatable bonds is 4. The summed E-state index contributed by atoms with van der Waals surface area (Å²) in [4.78, 5) is 23.0. The molecule has 150 valence electrons. The van der Waals surface area contributed by atoms with Crippen LogP contribution in [0, 0.1) is 0 Å². The lowest BCUT2D eigenvalue weighted by Crippen LogP contribution is -2.39. The minimum absolute atomic E-state index is 0.179. The zero-order valence-corrected chi connectivity index (χ0v) is 17.1. The second kappa shape index (κ2) is 7.89. The van der Waals surface area contributed by atoms with Gasteiger partial charge >= 0.3 is 0 Å². The molecule has 8 heteroatoms. The molecule has 2 aliphatic heterocycles. The monoisotopic (exact) mass is 383 g/mol. The molecule has 0 N–H and O–H groups in total. The summed E-state index contributed by atoms with van der Waals surface area (Å²) in [5.74, 6) is 2.77. The number of hydrogen-bond donors (Lipinski definition) is 0. The van der Waals surface area contributed by atoms with Crippen LogP contribution in [0.15, 0.2) is 30.6 Å². The van der Waals surface area contributed by atoms with E-state index in [4.69, 9.17) is 9.72 Å². The van der Waals surface area contributed by atoms with Gasteiger partial charge in [0.15, 0.2) is 0 Å². The molecule has 4 rings (SSSR count). The Morgan fingerprint density at radius 1 is 1.07 bits per heavy atom. The van der Waals surface area contributed by atoms with Crippen molar-refractivity contribution < 1.29 is 4.74 Å². The van der Waals surface area contributed by atoms with Crippen molar-refractivity contribution in [1.82, 2.24) is 19.9 Å². The van der Waals surface area contributed by atoms with Crippen LogP contribution in [-0.2, 0) is 11.3 Å². The molecule has 2 atom stereocenters. The normalized spacial score (nSPS) is 22.5. The van der Waals surface area contributed by atoms with Gasteiger partial charge in [0.25, 0.3) is 0 Å². The van der Waals surface area contributed by atoms with E-state index in [0.717, 1.165) is 50.3 Å². The van der Waals surface area contributed by atoms with Gasteiger partial charge in [0.2, 0.25) is 5.95 Å². The average molecular weight is 384 g/mol. The lowest BCUT2D eigenvalue weighted by molar-refractivity contribution is 0.0639. The Kier molecular flexibility index (Phi) is 5.32. The van der Waals surface area contributed by atoms with Gasteiger partial charge in [-0.1, -0.05) is 6.07 Å². The summed E-state index contributed by atoms with van der Waals surface area (Å²) in [5.41, 5.74) is 1.20. The van der Waals surface area contributed by atoms with Crippen LogP contribution in [0.3, 0.4) is 0 Å². The third-order valence-electron chi connectivity index (χ3n) is 5.73. The largest absolute Gasteiger partial charge is 0.378 e. The van der Waals surface area contributed by atoms with Gasteiger partial charge < -0.3 is 24.3 Å². The highest BCUT2D eigenvalue weighted by atomic mass is 16.5. The maximum absolute atomic E-state index is 5.70. The quantitative estimate of drug-likeness (QED) is 0.778. The summed E-state index contributed by atoms with van der Waals surface area (Å²) >= 11 is 0. The van der Waals surface area contributed by atoms with Crippen molar-refractivity contribution in [2.45, 2.75) is 18.7 Å². The molecule has 28 heavy (non-hydrogen) atoms. The van der Waals surface area contributed by atoms with Gasteiger partial charge in [0.05, 0.1) is 12.1 Å². The highest BCUT2D eigenvalue weighted by molar-refractivity contribution is 5.52. The summed E-state index contributed by atoms with van der Waals surface area (Å²) in [6.07, 6.45) is 3.89. The van der Waals surface area contributed by atoms with Crippen molar-refractivity contribution in [2.75, 3.05) is 69.1 Å². The van der Waals surface area contributed by atoms with Crippen LogP contribution in [0.2, 0.25) is 0 Å². The summed E-state index contributed by atoms with van der Waals surface area (Å²) in [5, 5.41) is 0. The Hall–Kier alpha value is -2.45. The molecule has 0 saturated carbocycles. The molecule has 0 aromatic carbocycles. The van der Waals surface area contributed by atoms with Gasteiger partial charge in [0.1, 0.15) is 11.6 Å². The number of pyridine rings is 1. The fourth-order valence-corrected chi connectivity index (χ4v) is 4.07. The van der Waals surface area contributed by atoms with Crippen LogP contribution in [0.1, 0.15) is 5.56 Å². The second-order valence-corrected chi connectivity index (χ2v) is 7.75. The highest BCUT2D eigenvalue weighted by Gasteiger charge is 2.35. The molecule has 0 amide bonds. The first-order valence-corrected chi connectivity index (χ1v) is 9.74. The molecular formula is C20H29N7O. The lowest BCUT2D eigenvalue weighted by Gasteiger charge is -2.24. The Balaban J connectivity index is 1.56. The maximum Gasteiger partial charge on any atom is 0.227 e. The van der Waals surface area contributed by atoms with Crippen LogP contribution in [0.5, 0.6) is 0 Å². The van der Waals surface area contributed by atoms with Crippen LogP contribution < -0.4 is 14.7 Å². The van der Waals surface area contributed by atoms with Crippen LogP contribution >= 0.6 is 0 Å². The smallest absolute Gasteiger partial charge is 0.227 e. The van der Waals surface area contributed by atoms with Gasteiger partial charge in [0, 0.05) is 64.8 Å². The maximum atomic E-state index is 5.70. The van der Waals surface area contributed by atoms with Crippen molar-refractivity contribution in [3.8, 4) is 0 Å². The number of nitrogens with zero attached hydrogens (tertiary/aromatic N) is 7. The van der Waals surface area contributed by atoms with E-state index in [1.165, 1.54) is 5.56 Å². The van der Waals surface area contributed by atoms with Crippen LogP contribution in [0.4, 0.5) is 17.6 Å². The second-order valence-electron chi connectivity index (χ2n) is 7.75. The Morgan fingerprint density at radius 3 is 2.68 bits per heavy atom. The molecule has 0 radical (unpaired) electrons. The first-order valence-electron chi connectivity index (χ1n) is 9.74. The summed E-state index contributed by atoms with van der Waals surface area (Å²) in [7, 11) is 8.08. The minimum Gasteiger partial charge on any atom is -0.378 e. The van der Waals surface area contributed by atoms with Crippen molar-refractivity contribution >= 4 is 17.6 Å². The summed E-state index contributed by atoms with van der Waals surface area (Å²) in [6, 6.07) is 6.47. The average Bonchev–Trinajstić information content (AvgIpc) is 3.08. The molecule has 2 aromatic rings. The van der Waals surface area contributed by atoms with Crippen LogP contribution in [-0.4, -0.2) is 86.4 Å². The van der Waals surface area contributed by atoms with Gasteiger partial charge in [-0.15, -0.1) is 0 Å². The third kappa shape index (κ3) is 3.62. The fraction of sp³-hybridized carbons (Fsp3) is 0.550. The number of likely N-dealkylation sites (N-methyl/N-ethyl adjacent to an activating group) is 2. The first kappa shape index (κ1) is 18.9. The Bertz CT molecular complexity index is 815. The number of fused-ring (bicyclic) bond motifs is 1. The van der Waals surface area contributed by atoms with Gasteiger partial charge in [-0.25, -0.2) is 9.97 Å².